The molecule has 0 unspecified atom stereocenters. The number of nitrogens with one attached hydrogen (secondary N) is 1. The van der Waals surface area contributed by atoms with Gasteiger partial charge >= 0.3 is 0 Å². The Balaban J connectivity index is 1.58. The van der Waals surface area contributed by atoms with E-state index in [1.165, 1.54) is 11.3 Å². The van der Waals surface area contributed by atoms with Gasteiger partial charge in [-0.05, 0) is 36.4 Å². The Morgan fingerprint density at radius 2 is 1.96 bits per heavy atom. The van der Waals surface area contributed by atoms with Gasteiger partial charge in [-0.3, -0.25) is 0 Å². The van der Waals surface area contributed by atoms with Gasteiger partial charge in [0.1, 0.15) is 16.8 Å². The molecule has 6 nitrogen and oxygen atoms in total. The maximum absolute atomic E-state index is 6.19. The van der Waals surface area contributed by atoms with E-state index in [0.717, 1.165) is 27.3 Å². The first-order chi connectivity index (χ1) is 12.6. The number of methoxy groups -OCH3 is 1. The number of aromatic nitrogens is 4. The molecule has 0 bridgehead atoms. The summed E-state index contributed by atoms with van der Waals surface area (Å²) in [6.07, 6.45) is 1.77. The molecule has 0 aliphatic heterocycles. The van der Waals surface area contributed by atoms with Gasteiger partial charge in [-0.2, -0.15) is 4.80 Å². The molecule has 0 radical (unpaired) electrons. The van der Waals surface area contributed by atoms with E-state index in [1.54, 1.807) is 30.2 Å². The molecule has 2 heterocycles. The van der Waals surface area contributed by atoms with Crippen LogP contribution in [0.25, 0.3) is 16.7 Å². The van der Waals surface area contributed by atoms with Crippen molar-refractivity contribution in [1.29, 1.82) is 0 Å². The second kappa shape index (κ2) is 7.11. The average Bonchev–Trinajstić information content (AvgIpc) is 3.25. The highest BCUT2D eigenvalue weighted by atomic mass is 35.5. The van der Waals surface area contributed by atoms with E-state index in [2.05, 4.69) is 20.5 Å². The van der Waals surface area contributed by atoms with Crippen molar-refractivity contribution in [2.75, 3.05) is 12.4 Å². The Kier molecular flexibility index (Phi) is 4.67. The molecule has 0 saturated heterocycles. The topological polar surface area (TPSA) is 64.9 Å². The Morgan fingerprint density at radius 3 is 2.69 bits per heavy atom. The van der Waals surface area contributed by atoms with E-state index in [4.69, 9.17) is 27.9 Å². The Morgan fingerprint density at radius 1 is 1.12 bits per heavy atom. The average molecular weight is 406 g/mol. The number of rotatable bonds is 5. The summed E-state index contributed by atoms with van der Waals surface area (Å²) in [5.74, 6) is 0.613. The van der Waals surface area contributed by atoms with E-state index in [1.807, 2.05) is 24.3 Å². The third kappa shape index (κ3) is 3.46. The van der Waals surface area contributed by atoms with Crippen LogP contribution in [0.3, 0.4) is 0 Å². The van der Waals surface area contributed by atoms with Gasteiger partial charge in [0.15, 0.2) is 4.47 Å². The molecule has 2 aromatic heterocycles. The fraction of sp³-hybridized carbons (Fsp3) is 0.118. The molecule has 26 heavy (non-hydrogen) atoms. The van der Waals surface area contributed by atoms with Crippen molar-refractivity contribution in [3.05, 3.63) is 57.0 Å². The van der Waals surface area contributed by atoms with E-state index in [-0.39, 0.29) is 0 Å². The van der Waals surface area contributed by atoms with Crippen molar-refractivity contribution in [3.63, 3.8) is 0 Å². The van der Waals surface area contributed by atoms with Crippen LogP contribution in [-0.4, -0.2) is 27.1 Å². The lowest BCUT2D eigenvalue weighted by molar-refractivity contribution is 0.415. The van der Waals surface area contributed by atoms with Crippen molar-refractivity contribution < 1.29 is 4.74 Å². The third-order valence-electron chi connectivity index (χ3n) is 3.74. The Hall–Kier alpha value is -2.35. The van der Waals surface area contributed by atoms with Crippen LogP contribution < -0.4 is 10.1 Å². The summed E-state index contributed by atoms with van der Waals surface area (Å²) in [5, 5.41) is 12.9. The first kappa shape index (κ1) is 17.1. The zero-order valence-electron chi connectivity index (χ0n) is 13.6. The second-order valence-electron chi connectivity index (χ2n) is 5.44. The predicted octanol–water partition coefficient (Wildman–Crippen LogP) is 4.80. The molecule has 0 fully saturated rings. The van der Waals surface area contributed by atoms with Gasteiger partial charge < -0.3 is 10.1 Å². The highest BCUT2D eigenvalue weighted by Gasteiger charge is 2.09. The van der Waals surface area contributed by atoms with E-state index >= 15 is 0 Å². The SMILES string of the molecule is COc1ccc(-n2nc3ccc(NCc4cnc(Cl)s4)cc3n2)cc1Cl. The maximum Gasteiger partial charge on any atom is 0.183 e. The van der Waals surface area contributed by atoms with Crippen LogP contribution in [0.5, 0.6) is 5.75 Å². The van der Waals surface area contributed by atoms with Crippen LogP contribution in [0.15, 0.2) is 42.6 Å². The standard InChI is InChI=1S/C17H13Cl2N5OS/c1-25-16-5-3-11(7-13(16)18)24-22-14-4-2-10(6-15(14)23-24)20-8-12-9-21-17(19)26-12/h2-7,9,20H,8H2,1H3. The number of thiazole rings is 1. The highest BCUT2D eigenvalue weighted by Crippen LogP contribution is 2.27. The van der Waals surface area contributed by atoms with Crippen molar-refractivity contribution in [3.8, 4) is 11.4 Å². The predicted molar refractivity (Wildman–Crippen MR) is 105 cm³/mol. The monoisotopic (exact) mass is 405 g/mol. The number of ether oxygens (including phenoxy) is 1. The summed E-state index contributed by atoms with van der Waals surface area (Å²) in [6.45, 7) is 0.651. The molecule has 0 spiro atoms. The molecule has 0 aliphatic rings. The maximum atomic E-state index is 6.19. The summed E-state index contributed by atoms with van der Waals surface area (Å²) in [5.41, 5.74) is 3.29. The number of benzene rings is 2. The lowest BCUT2D eigenvalue weighted by Crippen LogP contribution is -1.98. The lowest BCUT2D eigenvalue weighted by Gasteiger charge is -2.04. The molecule has 132 valence electrons. The molecule has 0 amide bonds. The van der Waals surface area contributed by atoms with Crippen LogP contribution in [-0.2, 0) is 6.54 Å². The van der Waals surface area contributed by atoms with Gasteiger partial charge in [0, 0.05) is 16.8 Å². The second-order valence-corrected chi connectivity index (χ2v) is 7.55. The number of halogens is 2. The van der Waals surface area contributed by atoms with Gasteiger partial charge in [-0.1, -0.05) is 23.2 Å². The Labute approximate surface area is 163 Å². The molecular weight excluding hydrogens is 393 g/mol. The van der Waals surface area contributed by atoms with Gasteiger partial charge in [0.2, 0.25) is 0 Å². The van der Waals surface area contributed by atoms with Crippen LogP contribution >= 0.6 is 34.5 Å². The van der Waals surface area contributed by atoms with Crippen molar-refractivity contribution in [2.45, 2.75) is 6.54 Å². The van der Waals surface area contributed by atoms with Crippen LogP contribution in [0, 0.1) is 0 Å². The van der Waals surface area contributed by atoms with Crippen LogP contribution in [0.2, 0.25) is 9.49 Å². The number of fused-ring (bicyclic) bond motifs is 1. The number of hydrogen-bond donors (Lipinski definition) is 1. The van der Waals surface area contributed by atoms with E-state index in [0.29, 0.717) is 21.8 Å². The van der Waals surface area contributed by atoms with E-state index < -0.39 is 0 Å². The summed E-state index contributed by atoms with van der Waals surface area (Å²) in [4.78, 5) is 6.65. The minimum atomic E-state index is 0.511. The molecule has 2 aromatic carbocycles. The molecule has 4 rings (SSSR count). The molecule has 4 aromatic rings. The first-order valence-electron chi connectivity index (χ1n) is 7.67. The minimum Gasteiger partial charge on any atom is -0.495 e. The van der Waals surface area contributed by atoms with Crippen molar-refractivity contribution >= 4 is 51.3 Å². The molecular formula is C17H13Cl2N5OS. The Bertz CT molecular complexity index is 1080. The third-order valence-corrected chi connectivity index (χ3v) is 5.15. The van der Waals surface area contributed by atoms with Crippen LogP contribution in [0.4, 0.5) is 5.69 Å². The van der Waals surface area contributed by atoms with E-state index in [9.17, 15) is 0 Å². The summed E-state index contributed by atoms with van der Waals surface area (Å²) in [7, 11) is 1.58. The minimum absolute atomic E-state index is 0.511. The number of anilines is 1. The molecule has 0 aliphatic carbocycles. The zero-order chi connectivity index (χ0) is 18.1. The number of hydrogen-bond acceptors (Lipinski definition) is 6. The fourth-order valence-corrected chi connectivity index (χ4v) is 3.64. The summed E-state index contributed by atoms with van der Waals surface area (Å²) in [6, 6.07) is 11.3. The summed E-state index contributed by atoms with van der Waals surface area (Å²) < 4.78 is 5.71. The van der Waals surface area contributed by atoms with Gasteiger partial charge in [-0.15, -0.1) is 21.5 Å². The number of nitrogens with zero attached hydrogens (tertiary/aromatic N) is 4. The van der Waals surface area contributed by atoms with Crippen molar-refractivity contribution in [2.24, 2.45) is 0 Å². The normalized spacial score (nSPS) is 11.0. The quantitative estimate of drug-likeness (QED) is 0.516. The lowest BCUT2D eigenvalue weighted by atomic mass is 10.3. The first-order valence-corrected chi connectivity index (χ1v) is 9.25. The van der Waals surface area contributed by atoms with Crippen molar-refractivity contribution in [1.82, 2.24) is 20.0 Å². The zero-order valence-corrected chi connectivity index (χ0v) is 15.9. The van der Waals surface area contributed by atoms with Crippen LogP contribution in [0.1, 0.15) is 4.88 Å². The molecule has 0 saturated carbocycles. The van der Waals surface area contributed by atoms with Gasteiger partial charge in [-0.25, -0.2) is 4.98 Å². The smallest absolute Gasteiger partial charge is 0.183 e. The fourth-order valence-electron chi connectivity index (χ4n) is 2.47. The van der Waals surface area contributed by atoms with Gasteiger partial charge in [0.25, 0.3) is 0 Å². The molecule has 1 N–H and O–H groups in total. The molecule has 9 heteroatoms. The van der Waals surface area contributed by atoms with Gasteiger partial charge in [0.05, 0.1) is 24.4 Å². The largest absolute Gasteiger partial charge is 0.495 e. The highest BCUT2D eigenvalue weighted by molar-refractivity contribution is 7.15. The molecule has 0 atom stereocenters. The summed E-state index contributed by atoms with van der Waals surface area (Å²) >= 11 is 13.5.